The molecule has 2 heterocycles. The van der Waals surface area contributed by atoms with Gasteiger partial charge in [0.2, 0.25) is 0 Å². The van der Waals surface area contributed by atoms with Crippen LogP contribution in [0.15, 0.2) is 42.5 Å². The Labute approximate surface area is 142 Å². The summed E-state index contributed by atoms with van der Waals surface area (Å²) in [5.41, 5.74) is 3.31. The number of hydrogen-bond donors (Lipinski definition) is 0. The van der Waals surface area contributed by atoms with Crippen LogP contribution in [0.25, 0.3) is 22.4 Å². The van der Waals surface area contributed by atoms with Crippen LogP contribution in [-0.2, 0) is 6.54 Å². The smallest absolute Gasteiger partial charge is 0.162 e. The minimum absolute atomic E-state index is 0.601. The highest BCUT2D eigenvalue weighted by atomic mass is 16.6. The number of hydrogen-bond acceptors (Lipinski definition) is 3. The maximum atomic E-state index is 5.74. The summed E-state index contributed by atoms with van der Waals surface area (Å²) < 4.78 is 13.7. The molecule has 24 heavy (non-hydrogen) atoms. The highest BCUT2D eigenvalue weighted by Crippen LogP contribution is 2.35. The van der Waals surface area contributed by atoms with E-state index in [-0.39, 0.29) is 0 Å². The number of ether oxygens (including phenoxy) is 2. The van der Waals surface area contributed by atoms with Gasteiger partial charge in [-0.15, -0.1) is 0 Å². The molecule has 4 rings (SSSR count). The van der Waals surface area contributed by atoms with Crippen LogP contribution in [0.3, 0.4) is 0 Å². The number of para-hydroxylation sites is 2. The van der Waals surface area contributed by atoms with E-state index in [1.807, 2.05) is 18.2 Å². The Kier molecular flexibility index (Phi) is 4.11. The number of fused-ring (bicyclic) bond motifs is 2. The normalized spacial score (nSPS) is 13.4. The molecule has 0 saturated carbocycles. The van der Waals surface area contributed by atoms with Crippen LogP contribution in [0.5, 0.6) is 11.5 Å². The predicted molar refractivity (Wildman–Crippen MR) is 95.7 cm³/mol. The van der Waals surface area contributed by atoms with E-state index < -0.39 is 0 Å². The first-order valence-corrected chi connectivity index (χ1v) is 8.72. The van der Waals surface area contributed by atoms with E-state index in [1.54, 1.807) is 0 Å². The Balaban J connectivity index is 1.78. The van der Waals surface area contributed by atoms with Crippen molar-refractivity contribution in [2.45, 2.75) is 32.7 Å². The second-order valence-electron chi connectivity index (χ2n) is 6.14. The lowest BCUT2D eigenvalue weighted by molar-refractivity contribution is 0.171. The van der Waals surface area contributed by atoms with Gasteiger partial charge in [0.05, 0.1) is 11.0 Å². The molecule has 0 N–H and O–H groups in total. The monoisotopic (exact) mass is 322 g/mol. The van der Waals surface area contributed by atoms with Gasteiger partial charge in [-0.25, -0.2) is 4.98 Å². The van der Waals surface area contributed by atoms with E-state index in [2.05, 4.69) is 35.8 Å². The second-order valence-corrected chi connectivity index (χ2v) is 6.14. The summed E-state index contributed by atoms with van der Waals surface area (Å²) in [5, 5.41) is 0. The van der Waals surface area contributed by atoms with E-state index in [4.69, 9.17) is 14.5 Å². The van der Waals surface area contributed by atoms with Crippen LogP contribution in [0.4, 0.5) is 0 Å². The molecular formula is C20H22N2O2. The van der Waals surface area contributed by atoms with Crippen LogP contribution in [0, 0.1) is 0 Å². The first-order valence-electron chi connectivity index (χ1n) is 8.72. The fraction of sp³-hybridized carbons (Fsp3) is 0.350. The average molecular weight is 322 g/mol. The zero-order valence-electron chi connectivity index (χ0n) is 14.0. The summed E-state index contributed by atoms with van der Waals surface area (Å²) in [6.45, 7) is 4.43. The minimum Gasteiger partial charge on any atom is -0.486 e. The van der Waals surface area contributed by atoms with Gasteiger partial charge in [-0.1, -0.05) is 31.9 Å². The van der Waals surface area contributed by atoms with E-state index in [9.17, 15) is 0 Å². The molecule has 0 amide bonds. The van der Waals surface area contributed by atoms with Gasteiger partial charge in [-0.05, 0) is 36.8 Å². The van der Waals surface area contributed by atoms with Crippen LogP contribution >= 0.6 is 0 Å². The Hall–Kier alpha value is -2.49. The average Bonchev–Trinajstić information content (AvgIpc) is 3.00. The number of aromatic nitrogens is 2. The van der Waals surface area contributed by atoms with Crippen molar-refractivity contribution < 1.29 is 9.47 Å². The van der Waals surface area contributed by atoms with Crippen LogP contribution in [0.1, 0.15) is 26.2 Å². The molecule has 4 nitrogen and oxygen atoms in total. The van der Waals surface area contributed by atoms with Gasteiger partial charge in [-0.2, -0.15) is 0 Å². The molecule has 0 fully saturated rings. The number of imidazole rings is 1. The van der Waals surface area contributed by atoms with Crippen LogP contribution in [-0.4, -0.2) is 22.8 Å². The number of rotatable bonds is 5. The highest BCUT2D eigenvalue weighted by molar-refractivity contribution is 5.81. The minimum atomic E-state index is 0.601. The summed E-state index contributed by atoms with van der Waals surface area (Å²) >= 11 is 0. The molecule has 0 saturated heterocycles. The van der Waals surface area contributed by atoms with Crippen LogP contribution in [0.2, 0.25) is 0 Å². The van der Waals surface area contributed by atoms with Gasteiger partial charge in [-0.3, -0.25) is 0 Å². The van der Waals surface area contributed by atoms with E-state index in [1.165, 1.54) is 18.4 Å². The van der Waals surface area contributed by atoms with Crippen molar-refractivity contribution in [2.75, 3.05) is 13.2 Å². The number of benzene rings is 2. The van der Waals surface area contributed by atoms with E-state index >= 15 is 0 Å². The standard InChI is InChI=1S/C20H22N2O2/c1-2-3-6-11-22-17-8-5-4-7-16(17)21-20(22)15-9-10-18-19(14-15)24-13-12-23-18/h4-5,7-10,14H,2-3,6,11-13H2,1H3. The van der Waals surface area contributed by atoms with Gasteiger partial charge in [0.25, 0.3) is 0 Å². The van der Waals surface area contributed by atoms with E-state index in [0.29, 0.717) is 13.2 Å². The van der Waals surface area contributed by atoms with Crippen molar-refractivity contribution in [3.8, 4) is 22.9 Å². The lowest BCUT2D eigenvalue weighted by Gasteiger charge is -2.19. The zero-order valence-corrected chi connectivity index (χ0v) is 14.0. The second kappa shape index (κ2) is 6.56. The van der Waals surface area contributed by atoms with Crippen molar-refractivity contribution in [1.29, 1.82) is 0 Å². The molecule has 0 unspecified atom stereocenters. The lowest BCUT2D eigenvalue weighted by atomic mass is 10.1. The van der Waals surface area contributed by atoms with Gasteiger partial charge in [0.15, 0.2) is 11.5 Å². The molecule has 1 aromatic heterocycles. The Morgan fingerprint density at radius 2 is 1.83 bits per heavy atom. The van der Waals surface area contributed by atoms with E-state index in [0.717, 1.165) is 41.4 Å². The summed E-state index contributed by atoms with van der Waals surface area (Å²) in [5.74, 6) is 2.63. The molecule has 0 atom stereocenters. The van der Waals surface area contributed by atoms with Gasteiger partial charge in [0.1, 0.15) is 19.0 Å². The molecule has 3 aromatic rings. The summed E-state index contributed by atoms with van der Waals surface area (Å²) in [7, 11) is 0. The summed E-state index contributed by atoms with van der Waals surface area (Å²) in [4.78, 5) is 4.88. The maximum Gasteiger partial charge on any atom is 0.162 e. The third-order valence-electron chi connectivity index (χ3n) is 4.44. The van der Waals surface area contributed by atoms with Crippen molar-refractivity contribution in [2.24, 2.45) is 0 Å². The van der Waals surface area contributed by atoms with Gasteiger partial charge >= 0.3 is 0 Å². The SMILES string of the molecule is CCCCCn1c(-c2ccc3c(c2)OCCO3)nc2ccccc21. The summed E-state index contributed by atoms with van der Waals surface area (Å²) in [6.07, 6.45) is 3.60. The molecule has 2 aromatic carbocycles. The Morgan fingerprint density at radius 1 is 1.00 bits per heavy atom. The molecule has 1 aliphatic rings. The van der Waals surface area contributed by atoms with Crippen molar-refractivity contribution >= 4 is 11.0 Å². The topological polar surface area (TPSA) is 36.3 Å². The van der Waals surface area contributed by atoms with Crippen LogP contribution < -0.4 is 9.47 Å². The van der Waals surface area contributed by atoms with Crippen molar-refractivity contribution in [3.05, 3.63) is 42.5 Å². The Morgan fingerprint density at radius 3 is 2.71 bits per heavy atom. The maximum absolute atomic E-state index is 5.74. The van der Waals surface area contributed by atoms with Gasteiger partial charge in [0, 0.05) is 12.1 Å². The first kappa shape index (κ1) is 15.1. The molecule has 0 spiro atoms. The fourth-order valence-electron chi connectivity index (χ4n) is 3.22. The predicted octanol–water partition coefficient (Wildman–Crippen LogP) is 4.66. The molecule has 0 radical (unpaired) electrons. The van der Waals surface area contributed by atoms with Gasteiger partial charge < -0.3 is 14.0 Å². The largest absolute Gasteiger partial charge is 0.486 e. The summed E-state index contributed by atoms with van der Waals surface area (Å²) in [6, 6.07) is 14.5. The quantitative estimate of drug-likeness (QED) is 0.641. The highest BCUT2D eigenvalue weighted by Gasteiger charge is 2.16. The fourth-order valence-corrected chi connectivity index (χ4v) is 3.22. The number of unbranched alkanes of at least 4 members (excludes halogenated alkanes) is 2. The number of nitrogens with zero attached hydrogens (tertiary/aromatic N) is 2. The molecule has 4 heteroatoms. The van der Waals surface area contributed by atoms with Crippen molar-refractivity contribution in [3.63, 3.8) is 0 Å². The zero-order chi connectivity index (χ0) is 16.4. The molecule has 124 valence electrons. The Bertz CT molecular complexity index is 854. The third kappa shape index (κ3) is 2.73. The molecule has 0 aliphatic carbocycles. The molecule has 0 bridgehead atoms. The lowest BCUT2D eigenvalue weighted by Crippen LogP contribution is -2.15. The van der Waals surface area contributed by atoms with Crippen molar-refractivity contribution in [1.82, 2.24) is 9.55 Å². The first-order chi connectivity index (χ1) is 11.9. The third-order valence-corrected chi connectivity index (χ3v) is 4.44. The molecule has 1 aliphatic heterocycles. The molecular weight excluding hydrogens is 300 g/mol. The number of aryl methyl sites for hydroxylation is 1.